The van der Waals surface area contributed by atoms with E-state index in [1.807, 2.05) is 0 Å². The van der Waals surface area contributed by atoms with Gasteiger partial charge in [-0.25, -0.2) is 0 Å². The number of likely N-dealkylation sites (N-methyl/N-ethyl adjacent to an activating group) is 1. The molecule has 2 nitrogen and oxygen atoms in total. The summed E-state index contributed by atoms with van der Waals surface area (Å²) < 4.78 is 5.13. The van der Waals surface area contributed by atoms with Gasteiger partial charge in [-0.2, -0.15) is 0 Å². The van der Waals surface area contributed by atoms with Gasteiger partial charge < -0.3 is 9.64 Å². The maximum absolute atomic E-state index is 5.71. The van der Waals surface area contributed by atoms with Crippen molar-refractivity contribution in [2.75, 3.05) is 27.2 Å². The van der Waals surface area contributed by atoms with E-state index in [1.165, 1.54) is 0 Å². The quantitative estimate of drug-likeness (QED) is 0.454. The Bertz CT molecular complexity index is 99.1. The summed E-state index contributed by atoms with van der Waals surface area (Å²) in [5.74, 6) is 0.208. The maximum Gasteiger partial charge on any atom is 0.0752 e. The zero-order valence-corrected chi connectivity index (χ0v) is 6.00. The van der Waals surface area contributed by atoms with Crippen molar-refractivity contribution in [2.24, 2.45) is 0 Å². The average Bonchev–Trinajstić information content (AvgIpc) is 2.10. The molecule has 50 valence electrons. The smallest absolute Gasteiger partial charge is 0.0752 e. The number of ether oxygens (including phenoxy) is 1. The molecule has 0 bridgehead atoms. The van der Waals surface area contributed by atoms with Crippen LogP contribution >= 0.6 is 0 Å². The highest BCUT2D eigenvalue weighted by atomic mass is 16.5. The first-order valence-electron chi connectivity index (χ1n) is 3.21. The van der Waals surface area contributed by atoms with Crippen molar-refractivity contribution in [3.05, 3.63) is 0 Å². The minimum Gasteiger partial charge on any atom is -0.381 e. The lowest BCUT2D eigenvalue weighted by molar-refractivity contribution is 0.111. The third-order valence-electron chi connectivity index (χ3n) is 1.79. The number of methoxy groups -OCH3 is 1. The molecule has 1 rings (SSSR count). The Labute approximate surface area is 57.6 Å². The van der Waals surface area contributed by atoms with Gasteiger partial charge in [0, 0.05) is 13.7 Å². The molecule has 0 saturated carbocycles. The topological polar surface area (TPSA) is 12.5 Å². The van der Waals surface area contributed by atoms with E-state index < -0.39 is 0 Å². The molecule has 0 N–H and O–H groups in total. The SMILES string of the molecule is [B]C1CN(C)CC1OC. The largest absolute Gasteiger partial charge is 0.381 e. The van der Waals surface area contributed by atoms with Crippen molar-refractivity contribution in [1.29, 1.82) is 0 Å². The van der Waals surface area contributed by atoms with Gasteiger partial charge in [0.1, 0.15) is 0 Å². The summed E-state index contributed by atoms with van der Waals surface area (Å²) in [6, 6.07) is 0. The molecule has 0 aromatic carbocycles. The molecular weight excluding hydrogens is 113 g/mol. The molecule has 1 aliphatic heterocycles. The van der Waals surface area contributed by atoms with Crippen LogP contribution in [0.5, 0.6) is 0 Å². The van der Waals surface area contributed by atoms with E-state index in [2.05, 4.69) is 11.9 Å². The van der Waals surface area contributed by atoms with Gasteiger partial charge in [0.05, 0.1) is 14.0 Å². The monoisotopic (exact) mass is 125 g/mol. The van der Waals surface area contributed by atoms with Gasteiger partial charge in [0.15, 0.2) is 0 Å². The van der Waals surface area contributed by atoms with E-state index in [1.54, 1.807) is 7.11 Å². The summed E-state index contributed by atoms with van der Waals surface area (Å²) in [6.07, 6.45) is 0.245. The Balaban J connectivity index is 2.38. The summed E-state index contributed by atoms with van der Waals surface area (Å²) in [7, 11) is 9.48. The predicted molar refractivity (Wildman–Crippen MR) is 37.8 cm³/mol. The normalized spacial score (nSPS) is 37.6. The highest BCUT2D eigenvalue weighted by Gasteiger charge is 2.25. The van der Waals surface area contributed by atoms with Gasteiger partial charge in [0.25, 0.3) is 0 Å². The second-order valence-corrected chi connectivity index (χ2v) is 2.66. The molecule has 1 fully saturated rings. The molecule has 0 aromatic rings. The fourth-order valence-electron chi connectivity index (χ4n) is 1.24. The van der Waals surface area contributed by atoms with Gasteiger partial charge >= 0.3 is 0 Å². The molecule has 0 aliphatic carbocycles. The van der Waals surface area contributed by atoms with Gasteiger partial charge in [-0.15, -0.1) is 0 Å². The Morgan fingerprint density at radius 2 is 2.22 bits per heavy atom. The van der Waals surface area contributed by atoms with E-state index >= 15 is 0 Å². The molecule has 2 radical (unpaired) electrons. The molecule has 0 amide bonds. The highest BCUT2D eigenvalue weighted by molar-refractivity contribution is 6.12. The minimum absolute atomic E-state index is 0.208. The van der Waals surface area contributed by atoms with Crippen molar-refractivity contribution in [2.45, 2.75) is 11.9 Å². The van der Waals surface area contributed by atoms with E-state index in [-0.39, 0.29) is 11.9 Å². The van der Waals surface area contributed by atoms with Crippen molar-refractivity contribution >= 4 is 7.85 Å². The molecule has 0 aromatic heterocycles. The molecule has 1 heterocycles. The second-order valence-electron chi connectivity index (χ2n) is 2.66. The molecule has 0 spiro atoms. The van der Waals surface area contributed by atoms with Crippen molar-refractivity contribution in [1.82, 2.24) is 4.90 Å². The Kier molecular flexibility index (Phi) is 2.14. The van der Waals surface area contributed by atoms with E-state index in [4.69, 9.17) is 12.6 Å². The first kappa shape index (κ1) is 7.10. The molecule has 2 unspecified atom stereocenters. The number of nitrogens with zero attached hydrogens (tertiary/aromatic N) is 1. The number of likely N-dealkylation sites (tertiary alicyclic amines) is 1. The van der Waals surface area contributed by atoms with Gasteiger partial charge in [0.2, 0.25) is 0 Å². The lowest BCUT2D eigenvalue weighted by Crippen LogP contribution is -2.18. The zero-order valence-electron chi connectivity index (χ0n) is 6.00. The van der Waals surface area contributed by atoms with E-state index in [9.17, 15) is 0 Å². The van der Waals surface area contributed by atoms with Gasteiger partial charge in [-0.3, -0.25) is 0 Å². The van der Waals surface area contributed by atoms with Crippen LogP contribution in [0.4, 0.5) is 0 Å². The summed E-state index contributed by atoms with van der Waals surface area (Å²) in [5.41, 5.74) is 0. The third kappa shape index (κ3) is 1.46. The first-order valence-corrected chi connectivity index (χ1v) is 3.21. The average molecular weight is 125 g/mol. The van der Waals surface area contributed by atoms with Crippen LogP contribution in [0.25, 0.3) is 0 Å². The lowest BCUT2D eigenvalue weighted by atomic mass is 9.85. The maximum atomic E-state index is 5.71. The first-order chi connectivity index (χ1) is 4.24. The predicted octanol–water partition coefficient (Wildman–Crippen LogP) is -0.0962. The number of hydrogen-bond acceptors (Lipinski definition) is 2. The fourth-order valence-corrected chi connectivity index (χ4v) is 1.24. The van der Waals surface area contributed by atoms with Crippen LogP contribution in [0, 0.1) is 0 Å². The minimum atomic E-state index is 0.208. The van der Waals surface area contributed by atoms with Crippen LogP contribution in [0.3, 0.4) is 0 Å². The highest BCUT2D eigenvalue weighted by Crippen LogP contribution is 2.19. The fraction of sp³-hybridized carbons (Fsp3) is 1.00. The molecule has 9 heavy (non-hydrogen) atoms. The van der Waals surface area contributed by atoms with E-state index in [0.717, 1.165) is 13.1 Å². The molecular formula is C6H12BNO. The zero-order chi connectivity index (χ0) is 6.85. The third-order valence-corrected chi connectivity index (χ3v) is 1.79. The van der Waals surface area contributed by atoms with Crippen molar-refractivity contribution < 1.29 is 4.74 Å². The van der Waals surface area contributed by atoms with Crippen LogP contribution in [-0.4, -0.2) is 46.1 Å². The number of hydrogen-bond donors (Lipinski definition) is 0. The van der Waals surface area contributed by atoms with Crippen LogP contribution in [0.15, 0.2) is 0 Å². The molecule has 1 aliphatic rings. The van der Waals surface area contributed by atoms with Crippen molar-refractivity contribution in [3.63, 3.8) is 0 Å². The van der Waals surface area contributed by atoms with Crippen LogP contribution in [0.1, 0.15) is 0 Å². The molecule has 3 heteroatoms. The lowest BCUT2D eigenvalue weighted by Gasteiger charge is -2.10. The van der Waals surface area contributed by atoms with Crippen LogP contribution in [0.2, 0.25) is 5.82 Å². The van der Waals surface area contributed by atoms with Crippen LogP contribution < -0.4 is 0 Å². The Morgan fingerprint density at radius 3 is 2.44 bits per heavy atom. The second kappa shape index (κ2) is 2.71. The Morgan fingerprint density at radius 1 is 1.56 bits per heavy atom. The van der Waals surface area contributed by atoms with Gasteiger partial charge in [-0.05, 0) is 19.4 Å². The molecule has 2 atom stereocenters. The van der Waals surface area contributed by atoms with Crippen LogP contribution in [-0.2, 0) is 4.74 Å². The standard InChI is InChI=1S/C6H12BNO/c1-8-3-5(7)6(4-8)9-2/h5-6H,3-4H2,1-2H3. The van der Waals surface area contributed by atoms with Crippen molar-refractivity contribution in [3.8, 4) is 0 Å². The van der Waals surface area contributed by atoms with E-state index in [0.29, 0.717) is 0 Å². The number of rotatable bonds is 1. The summed E-state index contributed by atoms with van der Waals surface area (Å²) >= 11 is 0. The van der Waals surface area contributed by atoms with Gasteiger partial charge in [-0.1, -0.05) is 0 Å². The summed E-state index contributed by atoms with van der Waals surface area (Å²) in [4.78, 5) is 2.18. The summed E-state index contributed by atoms with van der Waals surface area (Å²) in [6.45, 7) is 1.93. The molecule has 1 saturated heterocycles. The summed E-state index contributed by atoms with van der Waals surface area (Å²) in [5, 5.41) is 0. The Hall–Kier alpha value is -0.0151.